The van der Waals surface area contributed by atoms with E-state index in [0.29, 0.717) is 11.6 Å². The van der Waals surface area contributed by atoms with Crippen molar-refractivity contribution in [1.29, 1.82) is 0 Å². The molecule has 0 saturated carbocycles. The zero-order chi connectivity index (χ0) is 14.7. The molecule has 0 aromatic heterocycles. The highest BCUT2D eigenvalue weighted by molar-refractivity contribution is 9.10. The Hall–Kier alpha value is -1.26. The molecule has 2 rings (SSSR count). The molecule has 0 fully saturated rings. The summed E-state index contributed by atoms with van der Waals surface area (Å²) in [5, 5.41) is 3.91. The molecular formula is C15H14BrClFNO. The van der Waals surface area contributed by atoms with Crippen molar-refractivity contribution in [2.75, 3.05) is 12.4 Å². The van der Waals surface area contributed by atoms with Gasteiger partial charge in [0.05, 0.1) is 12.8 Å². The third-order valence-corrected chi connectivity index (χ3v) is 4.01. The van der Waals surface area contributed by atoms with Gasteiger partial charge in [-0.3, -0.25) is 0 Å². The quantitative estimate of drug-likeness (QED) is 0.814. The van der Waals surface area contributed by atoms with Gasteiger partial charge in [-0.05, 0) is 58.2 Å². The summed E-state index contributed by atoms with van der Waals surface area (Å²) in [7, 11) is 1.45. The average Bonchev–Trinajstić information content (AvgIpc) is 2.41. The summed E-state index contributed by atoms with van der Waals surface area (Å²) in [5.74, 6) is -0.124. The number of hydrogen-bond acceptors (Lipinski definition) is 2. The van der Waals surface area contributed by atoms with Crippen molar-refractivity contribution >= 4 is 33.2 Å². The van der Waals surface area contributed by atoms with Crippen molar-refractivity contribution in [2.24, 2.45) is 0 Å². The summed E-state index contributed by atoms with van der Waals surface area (Å²) >= 11 is 9.57. The minimum atomic E-state index is -0.368. The minimum absolute atomic E-state index is 0.244. The maximum Gasteiger partial charge on any atom is 0.165 e. The minimum Gasteiger partial charge on any atom is -0.494 e. The fourth-order valence-corrected chi connectivity index (χ4v) is 2.56. The topological polar surface area (TPSA) is 21.3 Å². The molecule has 0 bridgehead atoms. The fourth-order valence-electron chi connectivity index (χ4n) is 1.80. The van der Waals surface area contributed by atoms with E-state index >= 15 is 0 Å². The van der Waals surface area contributed by atoms with Crippen LogP contribution in [0.25, 0.3) is 0 Å². The van der Waals surface area contributed by atoms with E-state index in [1.165, 1.54) is 13.2 Å². The van der Waals surface area contributed by atoms with Crippen LogP contribution in [0.3, 0.4) is 0 Å². The first kappa shape index (κ1) is 15.1. The Labute approximate surface area is 131 Å². The van der Waals surface area contributed by atoms with Gasteiger partial charge in [0.25, 0.3) is 0 Å². The van der Waals surface area contributed by atoms with E-state index in [9.17, 15) is 4.39 Å². The third-order valence-electron chi connectivity index (χ3n) is 2.95. The van der Waals surface area contributed by atoms with Gasteiger partial charge in [0.2, 0.25) is 0 Å². The van der Waals surface area contributed by atoms with Crippen LogP contribution in [0.1, 0.15) is 11.1 Å². The van der Waals surface area contributed by atoms with Gasteiger partial charge in [-0.2, -0.15) is 0 Å². The molecule has 2 aromatic rings. The first-order chi connectivity index (χ1) is 9.51. The number of hydrogen-bond donors (Lipinski definition) is 1. The second-order valence-corrected chi connectivity index (χ2v) is 5.67. The van der Waals surface area contributed by atoms with Gasteiger partial charge in [-0.1, -0.05) is 17.7 Å². The highest BCUT2D eigenvalue weighted by Crippen LogP contribution is 2.29. The zero-order valence-electron chi connectivity index (χ0n) is 11.1. The molecule has 0 aliphatic rings. The molecule has 0 aliphatic carbocycles. The van der Waals surface area contributed by atoms with E-state index in [1.54, 1.807) is 6.07 Å². The second kappa shape index (κ2) is 6.46. The molecule has 0 aliphatic heterocycles. The molecule has 0 atom stereocenters. The lowest BCUT2D eigenvalue weighted by atomic mass is 10.2. The van der Waals surface area contributed by atoms with E-state index in [1.807, 2.05) is 25.1 Å². The Morgan fingerprint density at radius 3 is 2.70 bits per heavy atom. The van der Waals surface area contributed by atoms with Gasteiger partial charge in [0, 0.05) is 16.0 Å². The third kappa shape index (κ3) is 3.44. The SMILES string of the molecule is COc1ccc(CNc2cc(Cl)c(C)cc2Br)cc1F. The molecule has 0 spiro atoms. The molecule has 0 heterocycles. The van der Waals surface area contributed by atoms with Gasteiger partial charge >= 0.3 is 0 Å². The summed E-state index contributed by atoms with van der Waals surface area (Å²) in [6.45, 7) is 2.44. The molecule has 0 amide bonds. The van der Waals surface area contributed by atoms with Crippen molar-refractivity contribution < 1.29 is 9.13 Å². The largest absolute Gasteiger partial charge is 0.494 e. The fraction of sp³-hybridized carbons (Fsp3) is 0.200. The Bertz CT molecular complexity index is 634. The molecule has 20 heavy (non-hydrogen) atoms. The summed E-state index contributed by atoms with van der Waals surface area (Å²) in [6.07, 6.45) is 0. The Kier molecular flexibility index (Phi) is 4.89. The Morgan fingerprint density at radius 1 is 1.30 bits per heavy atom. The van der Waals surface area contributed by atoms with E-state index in [2.05, 4.69) is 21.2 Å². The predicted octanol–water partition coefficient (Wildman–Crippen LogP) is 5.17. The standard InChI is InChI=1S/C15H14BrClFNO/c1-9-5-11(16)14(7-12(9)17)19-8-10-3-4-15(20-2)13(18)6-10/h3-7,19H,8H2,1-2H3. The first-order valence-electron chi connectivity index (χ1n) is 6.03. The number of nitrogens with one attached hydrogen (secondary N) is 1. The maximum absolute atomic E-state index is 13.6. The van der Waals surface area contributed by atoms with Gasteiger partial charge in [0.1, 0.15) is 0 Å². The average molecular weight is 359 g/mol. The lowest BCUT2D eigenvalue weighted by molar-refractivity contribution is 0.386. The number of benzene rings is 2. The van der Waals surface area contributed by atoms with Crippen LogP contribution in [0.15, 0.2) is 34.8 Å². The second-order valence-electron chi connectivity index (χ2n) is 4.40. The number of aryl methyl sites for hydroxylation is 1. The van der Waals surface area contributed by atoms with Crippen molar-refractivity contribution in [3.05, 3.63) is 56.8 Å². The molecule has 2 nitrogen and oxygen atoms in total. The van der Waals surface area contributed by atoms with E-state index in [0.717, 1.165) is 21.3 Å². The molecule has 0 saturated heterocycles. The van der Waals surface area contributed by atoms with Crippen molar-refractivity contribution in [1.82, 2.24) is 0 Å². The van der Waals surface area contributed by atoms with Crippen LogP contribution in [0.5, 0.6) is 5.75 Å². The summed E-state index contributed by atoms with van der Waals surface area (Å²) < 4.78 is 19.4. The van der Waals surface area contributed by atoms with Crippen LogP contribution in [0.2, 0.25) is 5.02 Å². The molecule has 0 radical (unpaired) electrons. The smallest absolute Gasteiger partial charge is 0.165 e. The molecular weight excluding hydrogens is 345 g/mol. The zero-order valence-corrected chi connectivity index (χ0v) is 13.5. The van der Waals surface area contributed by atoms with Crippen LogP contribution in [-0.4, -0.2) is 7.11 Å². The molecule has 106 valence electrons. The Balaban J connectivity index is 2.13. The lowest BCUT2D eigenvalue weighted by Gasteiger charge is -2.11. The van der Waals surface area contributed by atoms with Crippen molar-refractivity contribution in [2.45, 2.75) is 13.5 Å². The van der Waals surface area contributed by atoms with Gasteiger partial charge in [-0.25, -0.2) is 4.39 Å². The molecule has 1 N–H and O–H groups in total. The monoisotopic (exact) mass is 357 g/mol. The van der Waals surface area contributed by atoms with E-state index < -0.39 is 0 Å². The number of ether oxygens (including phenoxy) is 1. The molecule has 5 heteroatoms. The number of anilines is 1. The summed E-state index contributed by atoms with van der Waals surface area (Å²) in [6, 6.07) is 8.68. The summed E-state index contributed by atoms with van der Waals surface area (Å²) in [5.41, 5.74) is 2.70. The van der Waals surface area contributed by atoms with Crippen molar-refractivity contribution in [3.8, 4) is 5.75 Å². The van der Waals surface area contributed by atoms with Crippen LogP contribution in [-0.2, 0) is 6.54 Å². The highest BCUT2D eigenvalue weighted by atomic mass is 79.9. The van der Waals surface area contributed by atoms with Crippen molar-refractivity contribution in [3.63, 3.8) is 0 Å². The van der Waals surface area contributed by atoms with Gasteiger partial charge in [-0.15, -0.1) is 0 Å². The van der Waals surface area contributed by atoms with E-state index in [4.69, 9.17) is 16.3 Å². The number of halogens is 3. The normalized spacial score (nSPS) is 10.4. The summed E-state index contributed by atoms with van der Waals surface area (Å²) in [4.78, 5) is 0. The molecule has 2 aromatic carbocycles. The number of rotatable bonds is 4. The predicted molar refractivity (Wildman–Crippen MR) is 84.2 cm³/mol. The van der Waals surface area contributed by atoms with Gasteiger partial charge < -0.3 is 10.1 Å². The van der Waals surface area contributed by atoms with Crippen LogP contribution >= 0.6 is 27.5 Å². The maximum atomic E-state index is 13.6. The highest BCUT2D eigenvalue weighted by Gasteiger charge is 2.06. The number of methoxy groups -OCH3 is 1. The Morgan fingerprint density at radius 2 is 2.05 bits per heavy atom. The molecule has 0 unspecified atom stereocenters. The van der Waals surface area contributed by atoms with Gasteiger partial charge in [0.15, 0.2) is 11.6 Å². The van der Waals surface area contributed by atoms with Crippen LogP contribution < -0.4 is 10.1 Å². The lowest BCUT2D eigenvalue weighted by Crippen LogP contribution is -2.01. The van der Waals surface area contributed by atoms with Crippen LogP contribution in [0, 0.1) is 12.7 Å². The first-order valence-corrected chi connectivity index (χ1v) is 7.20. The van der Waals surface area contributed by atoms with Crippen LogP contribution in [0.4, 0.5) is 10.1 Å². The van der Waals surface area contributed by atoms with E-state index in [-0.39, 0.29) is 11.6 Å².